The van der Waals surface area contributed by atoms with Gasteiger partial charge < -0.3 is 0 Å². The molecular formula is C21H29ClFN. The Balaban J connectivity index is 0.00000288. The minimum Gasteiger partial charge on any atom is -0.299 e. The molecule has 0 aliphatic heterocycles. The molecule has 0 amide bonds. The van der Waals surface area contributed by atoms with Crippen molar-refractivity contribution in [3.8, 4) is 0 Å². The van der Waals surface area contributed by atoms with E-state index in [1.54, 1.807) is 12.1 Å². The lowest BCUT2D eigenvalue weighted by Crippen LogP contribution is -2.38. The predicted octanol–water partition coefficient (Wildman–Crippen LogP) is 5.89. The van der Waals surface area contributed by atoms with E-state index in [9.17, 15) is 4.39 Å². The lowest BCUT2D eigenvalue weighted by Gasteiger charge is -2.32. The van der Waals surface area contributed by atoms with Crippen LogP contribution in [0.4, 0.5) is 4.39 Å². The molecule has 0 fully saturated rings. The number of halogens is 2. The van der Waals surface area contributed by atoms with E-state index in [-0.39, 0.29) is 24.1 Å². The second-order valence-electron chi connectivity index (χ2n) is 6.70. The maximum Gasteiger partial charge on any atom is 0.127 e. The molecule has 3 heteroatoms. The number of rotatable bonds is 7. The van der Waals surface area contributed by atoms with Crippen LogP contribution >= 0.6 is 12.4 Å². The lowest BCUT2D eigenvalue weighted by molar-refractivity contribution is 0.170. The highest BCUT2D eigenvalue weighted by atomic mass is 35.5. The van der Waals surface area contributed by atoms with Crippen LogP contribution in [-0.2, 0) is 0 Å². The Labute approximate surface area is 152 Å². The normalized spacial score (nSPS) is 12.5. The molecule has 0 spiro atoms. The first-order valence-corrected chi connectivity index (χ1v) is 8.55. The van der Waals surface area contributed by atoms with Crippen molar-refractivity contribution in [2.24, 2.45) is 0 Å². The third-order valence-corrected chi connectivity index (χ3v) is 4.49. The van der Waals surface area contributed by atoms with Gasteiger partial charge in [-0.1, -0.05) is 48.5 Å². The fraction of sp³-hybridized carbons (Fsp3) is 0.429. The summed E-state index contributed by atoms with van der Waals surface area (Å²) in [6.45, 7) is 9.85. The third kappa shape index (κ3) is 5.32. The SMILES string of the molecule is CC(C)N(CCC(c1ccccc1)c1ccccc1F)C(C)C.Cl. The highest BCUT2D eigenvalue weighted by Gasteiger charge is 2.20. The second kappa shape index (κ2) is 9.80. The van der Waals surface area contributed by atoms with Gasteiger partial charge in [-0.3, -0.25) is 4.90 Å². The van der Waals surface area contributed by atoms with Crippen LogP contribution in [0.2, 0.25) is 0 Å². The summed E-state index contributed by atoms with van der Waals surface area (Å²) < 4.78 is 14.4. The highest BCUT2D eigenvalue weighted by molar-refractivity contribution is 5.85. The van der Waals surface area contributed by atoms with Crippen molar-refractivity contribution < 1.29 is 4.39 Å². The van der Waals surface area contributed by atoms with E-state index in [2.05, 4.69) is 44.7 Å². The van der Waals surface area contributed by atoms with E-state index >= 15 is 0 Å². The zero-order valence-electron chi connectivity index (χ0n) is 15.1. The van der Waals surface area contributed by atoms with E-state index in [4.69, 9.17) is 0 Å². The molecule has 0 aliphatic rings. The Hall–Kier alpha value is -1.38. The molecule has 0 aliphatic carbocycles. The number of nitrogens with zero attached hydrogens (tertiary/aromatic N) is 1. The molecule has 24 heavy (non-hydrogen) atoms. The molecule has 0 saturated carbocycles. The van der Waals surface area contributed by atoms with E-state index in [1.807, 2.05) is 30.3 Å². The van der Waals surface area contributed by atoms with Gasteiger partial charge in [-0.15, -0.1) is 12.4 Å². The van der Waals surface area contributed by atoms with Crippen LogP contribution in [0.15, 0.2) is 54.6 Å². The molecule has 0 radical (unpaired) electrons. The Morgan fingerprint density at radius 2 is 1.38 bits per heavy atom. The van der Waals surface area contributed by atoms with Gasteiger partial charge in [-0.05, 0) is 57.9 Å². The largest absolute Gasteiger partial charge is 0.299 e. The topological polar surface area (TPSA) is 3.24 Å². The van der Waals surface area contributed by atoms with Crippen molar-refractivity contribution in [3.05, 3.63) is 71.5 Å². The lowest BCUT2D eigenvalue weighted by atomic mass is 9.88. The molecule has 1 atom stereocenters. The molecule has 2 aromatic rings. The minimum absolute atomic E-state index is 0. The van der Waals surface area contributed by atoms with Crippen molar-refractivity contribution in [2.45, 2.75) is 52.1 Å². The average molecular weight is 350 g/mol. The highest BCUT2D eigenvalue weighted by Crippen LogP contribution is 2.30. The Morgan fingerprint density at radius 1 is 0.833 bits per heavy atom. The summed E-state index contributed by atoms with van der Waals surface area (Å²) in [4.78, 5) is 2.47. The molecule has 132 valence electrons. The quantitative estimate of drug-likeness (QED) is 0.602. The van der Waals surface area contributed by atoms with Gasteiger partial charge in [-0.2, -0.15) is 0 Å². The van der Waals surface area contributed by atoms with Crippen LogP contribution in [0.5, 0.6) is 0 Å². The van der Waals surface area contributed by atoms with Crippen molar-refractivity contribution in [2.75, 3.05) is 6.54 Å². The monoisotopic (exact) mass is 349 g/mol. The molecule has 0 N–H and O–H groups in total. The van der Waals surface area contributed by atoms with Crippen LogP contribution in [0.3, 0.4) is 0 Å². The summed E-state index contributed by atoms with van der Waals surface area (Å²) in [6, 6.07) is 18.4. The molecule has 0 aromatic heterocycles. The van der Waals surface area contributed by atoms with Crippen LogP contribution in [0, 0.1) is 5.82 Å². The molecule has 1 nitrogen and oxygen atoms in total. The van der Waals surface area contributed by atoms with Gasteiger partial charge in [0.2, 0.25) is 0 Å². The van der Waals surface area contributed by atoms with E-state index in [0.29, 0.717) is 12.1 Å². The zero-order chi connectivity index (χ0) is 16.8. The van der Waals surface area contributed by atoms with Gasteiger partial charge >= 0.3 is 0 Å². The number of benzene rings is 2. The van der Waals surface area contributed by atoms with Crippen LogP contribution in [0.1, 0.15) is 51.2 Å². The van der Waals surface area contributed by atoms with Crippen molar-refractivity contribution in [3.63, 3.8) is 0 Å². The molecule has 0 heterocycles. The summed E-state index contributed by atoms with van der Waals surface area (Å²) in [5, 5.41) is 0. The first kappa shape index (κ1) is 20.7. The first-order valence-electron chi connectivity index (χ1n) is 8.55. The van der Waals surface area contributed by atoms with Crippen LogP contribution in [-0.4, -0.2) is 23.5 Å². The first-order chi connectivity index (χ1) is 11.0. The van der Waals surface area contributed by atoms with Crippen molar-refractivity contribution in [1.29, 1.82) is 0 Å². The Bertz CT molecular complexity index is 590. The Morgan fingerprint density at radius 3 is 1.92 bits per heavy atom. The van der Waals surface area contributed by atoms with Gasteiger partial charge in [0.25, 0.3) is 0 Å². The fourth-order valence-electron chi connectivity index (χ4n) is 3.34. The standard InChI is InChI=1S/C21H28FN.ClH/c1-16(2)23(17(3)4)15-14-19(18-10-6-5-7-11-18)20-12-8-9-13-21(20)22;/h5-13,16-17,19H,14-15H2,1-4H3;1H. The van der Waals surface area contributed by atoms with Gasteiger partial charge in [-0.25, -0.2) is 4.39 Å². The third-order valence-electron chi connectivity index (χ3n) is 4.49. The van der Waals surface area contributed by atoms with E-state index in [1.165, 1.54) is 5.56 Å². The van der Waals surface area contributed by atoms with Gasteiger partial charge in [0, 0.05) is 18.0 Å². The van der Waals surface area contributed by atoms with Crippen LogP contribution < -0.4 is 0 Å². The van der Waals surface area contributed by atoms with Gasteiger partial charge in [0.15, 0.2) is 0 Å². The second-order valence-corrected chi connectivity index (χ2v) is 6.70. The van der Waals surface area contributed by atoms with Crippen LogP contribution in [0.25, 0.3) is 0 Å². The summed E-state index contributed by atoms with van der Waals surface area (Å²) in [5.74, 6) is -0.0144. The minimum atomic E-state index is -0.109. The van der Waals surface area contributed by atoms with Gasteiger partial charge in [0.1, 0.15) is 5.82 Å². The Kier molecular flexibility index (Phi) is 8.44. The maximum absolute atomic E-state index is 14.4. The summed E-state index contributed by atoms with van der Waals surface area (Å²) in [5.41, 5.74) is 1.98. The summed E-state index contributed by atoms with van der Waals surface area (Å²) >= 11 is 0. The smallest absolute Gasteiger partial charge is 0.127 e. The predicted molar refractivity (Wildman–Crippen MR) is 104 cm³/mol. The van der Waals surface area contributed by atoms with E-state index in [0.717, 1.165) is 18.5 Å². The molecule has 2 rings (SSSR count). The van der Waals surface area contributed by atoms with E-state index < -0.39 is 0 Å². The molecule has 2 aromatic carbocycles. The van der Waals surface area contributed by atoms with Gasteiger partial charge in [0.05, 0.1) is 0 Å². The van der Waals surface area contributed by atoms with Crippen molar-refractivity contribution >= 4 is 12.4 Å². The average Bonchev–Trinajstić information content (AvgIpc) is 2.53. The zero-order valence-corrected chi connectivity index (χ0v) is 15.9. The molecule has 0 bridgehead atoms. The molecule has 0 saturated heterocycles. The summed E-state index contributed by atoms with van der Waals surface area (Å²) in [7, 11) is 0. The summed E-state index contributed by atoms with van der Waals surface area (Å²) in [6.07, 6.45) is 0.918. The molecular weight excluding hydrogens is 321 g/mol. The van der Waals surface area contributed by atoms with Crippen molar-refractivity contribution in [1.82, 2.24) is 4.90 Å². The number of hydrogen-bond donors (Lipinski definition) is 0. The fourth-order valence-corrected chi connectivity index (χ4v) is 3.34. The number of hydrogen-bond acceptors (Lipinski definition) is 1. The molecule has 1 unspecified atom stereocenters. The maximum atomic E-state index is 14.4.